The van der Waals surface area contributed by atoms with E-state index < -0.39 is 35.0 Å². The fourth-order valence-corrected chi connectivity index (χ4v) is 6.76. The second kappa shape index (κ2) is 11.4. The van der Waals surface area contributed by atoms with E-state index in [0.717, 1.165) is 12.0 Å². The molecule has 8 heteroatoms. The summed E-state index contributed by atoms with van der Waals surface area (Å²) in [6.07, 6.45) is 5.44. The number of aliphatic hydroxyl groups excluding tert-OH is 1. The Morgan fingerprint density at radius 2 is 1.97 bits per heavy atom. The minimum atomic E-state index is -1.06. The van der Waals surface area contributed by atoms with E-state index in [-0.39, 0.29) is 25.0 Å². The Labute approximate surface area is 219 Å². The van der Waals surface area contributed by atoms with Gasteiger partial charge in [-0.3, -0.25) is 14.4 Å². The molecule has 5 atom stereocenters. The van der Waals surface area contributed by atoms with Crippen LogP contribution in [0.5, 0.6) is 0 Å². The Morgan fingerprint density at radius 1 is 1.22 bits per heavy atom. The molecule has 3 saturated heterocycles. The van der Waals surface area contributed by atoms with E-state index in [1.807, 2.05) is 37.3 Å². The third-order valence-corrected chi connectivity index (χ3v) is 8.39. The van der Waals surface area contributed by atoms with Crippen molar-refractivity contribution in [2.24, 2.45) is 11.8 Å². The van der Waals surface area contributed by atoms with Gasteiger partial charge in [0.1, 0.15) is 17.6 Å². The first-order chi connectivity index (χ1) is 17.9. The second-order valence-corrected chi connectivity index (χ2v) is 10.4. The van der Waals surface area contributed by atoms with Crippen molar-refractivity contribution in [2.75, 3.05) is 26.3 Å². The molecule has 202 valence electrons. The van der Waals surface area contributed by atoms with Crippen LogP contribution in [0.3, 0.4) is 0 Å². The molecule has 3 aliphatic heterocycles. The lowest BCUT2D eigenvalue weighted by atomic mass is 9.65. The molecule has 0 aliphatic carbocycles. The van der Waals surface area contributed by atoms with Crippen LogP contribution in [0, 0.1) is 11.8 Å². The Balaban J connectivity index is 1.73. The van der Waals surface area contributed by atoms with Gasteiger partial charge >= 0.3 is 5.97 Å². The van der Waals surface area contributed by atoms with E-state index in [1.54, 1.807) is 22.8 Å². The molecule has 8 nitrogen and oxygen atoms in total. The first kappa shape index (κ1) is 27.3. The minimum absolute atomic E-state index is 0.0835. The van der Waals surface area contributed by atoms with E-state index in [0.29, 0.717) is 51.7 Å². The van der Waals surface area contributed by atoms with E-state index in [1.165, 1.54) is 0 Å². The third-order valence-electron chi connectivity index (χ3n) is 8.39. The molecule has 1 aromatic carbocycles. The molecule has 3 fully saturated rings. The number of nitrogens with zero attached hydrogens (tertiary/aromatic N) is 2. The summed E-state index contributed by atoms with van der Waals surface area (Å²) in [6.45, 7) is 8.98. The second-order valence-electron chi connectivity index (χ2n) is 10.4. The summed E-state index contributed by atoms with van der Waals surface area (Å²) in [4.78, 5) is 45.0. The number of likely N-dealkylation sites (tertiary alicyclic amines) is 1. The predicted molar refractivity (Wildman–Crippen MR) is 138 cm³/mol. The fraction of sp³-hybridized carbons (Fsp3) is 0.621. The van der Waals surface area contributed by atoms with Crippen LogP contribution in [0.25, 0.3) is 0 Å². The number of carbonyl (C=O) groups excluding carboxylic acids is 3. The van der Waals surface area contributed by atoms with Crippen LogP contribution >= 0.6 is 0 Å². The lowest BCUT2D eigenvalue weighted by molar-refractivity contribution is -0.161. The standard InChI is InChI=1S/C29H40N2O6/c1-4-17-30(20-21-13-9-7-10-14-21)26(34)24-29-16-15-28(5-2,37-29)23(27(35)36-6-3)22(29)25(33)31(24)18-11-8-12-19-32/h4,7,9-10,13-14,22-24,32H,1,5-6,8,11-12,15-20H2,2-3H3/t22-,23-,24?,28+,29?/m0/s1. The summed E-state index contributed by atoms with van der Waals surface area (Å²) in [5.41, 5.74) is -0.873. The summed E-state index contributed by atoms with van der Waals surface area (Å²) in [5, 5.41) is 9.22. The molecule has 2 unspecified atom stereocenters. The number of benzene rings is 1. The highest BCUT2D eigenvalue weighted by atomic mass is 16.6. The molecule has 3 heterocycles. The van der Waals surface area contributed by atoms with Crippen LogP contribution in [-0.4, -0.2) is 76.2 Å². The normalized spacial score (nSPS) is 29.9. The summed E-state index contributed by atoms with van der Waals surface area (Å²) >= 11 is 0. The molecule has 4 rings (SSSR count). The zero-order valence-corrected chi connectivity index (χ0v) is 22.1. The smallest absolute Gasteiger partial charge is 0.312 e. The van der Waals surface area contributed by atoms with Gasteiger partial charge in [0.05, 0.1) is 18.1 Å². The number of ether oxygens (including phenoxy) is 2. The van der Waals surface area contributed by atoms with Crippen molar-refractivity contribution in [2.45, 2.75) is 76.2 Å². The fourth-order valence-electron chi connectivity index (χ4n) is 6.76. The molecule has 0 radical (unpaired) electrons. The maximum atomic E-state index is 14.4. The molecular formula is C29H40N2O6. The number of unbranched alkanes of at least 4 members (excludes halogenated alkanes) is 2. The van der Waals surface area contributed by atoms with Crippen molar-refractivity contribution < 1.29 is 29.0 Å². The molecule has 0 aromatic heterocycles. The Kier molecular flexibility index (Phi) is 8.39. The van der Waals surface area contributed by atoms with Gasteiger partial charge in [-0.05, 0) is 51.0 Å². The molecule has 37 heavy (non-hydrogen) atoms. The summed E-state index contributed by atoms with van der Waals surface area (Å²) in [6, 6.07) is 8.92. The van der Waals surface area contributed by atoms with Gasteiger partial charge in [0, 0.05) is 26.2 Å². The van der Waals surface area contributed by atoms with Crippen molar-refractivity contribution >= 4 is 17.8 Å². The number of rotatable bonds is 13. The number of esters is 1. The SMILES string of the molecule is C=CCN(Cc1ccccc1)C(=O)C1N(CCCCCO)C(=O)[C@@H]2[C@@H](C(=O)OCC)[C@@]3(CC)CCC12O3. The van der Waals surface area contributed by atoms with Crippen LogP contribution in [0.2, 0.25) is 0 Å². The minimum Gasteiger partial charge on any atom is -0.466 e. The van der Waals surface area contributed by atoms with E-state index in [2.05, 4.69) is 6.58 Å². The molecular weight excluding hydrogens is 472 g/mol. The molecule has 1 spiro atoms. The van der Waals surface area contributed by atoms with Crippen LogP contribution < -0.4 is 0 Å². The van der Waals surface area contributed by atoms with Gasteiger partial charge in [0.2, 0.25) is 11.8 Å². The first-order valence-electron chi connectivity index (χ1n) is 13.6. The monoisotopic (exact) mass is 512 g/mol. The number of fused-ring (bicyclic) bond motifs is 1. The van der Waals surface area contributed by atoms with Crippen molar-refractivity contribution in [3.05, 3.63) is 48.6 Å². The lowest BCUT2D eigenvalue weighted by Crippen LogP contribution is -2.56. The van der Waals surface area contributed by atoms with Crippen molar-refractivity contribution in [1.82, 2.24) is 9.80 Å². The van der Waals surface area contributed by atoms with Crippen LogP contribution in [-0.2, 0) is 30.4 Å². The van der Waals surface area contributed by atoms with Gasteiger partial charge in [-0.2, -0.15) is 0 Å². The van der Waals surface area contributed by atoms with E-state index >= 15 is 0 Å². The van der Waals surface area contributed by atoms with Crippen molar-refractivity contribution in [3.8, 4) is 0 Å². The molecule has 1 aromatic rings. The number of hydrogen-bond donors (Lipinski definition) is 1. The molecule has 2 amide bonds. The van der Waals surface area contributed by atoms with Crippen LogP contribution in [0.1, 0.15) is 57.9 Å². The molecule has 2 bridgehead atoms. The highest BCUT2D eigenvalue weighted by molar-refractivity contribution is 5.98. The maximum absolute atomic E-state index is 14.4. The van der Waals surface area contributed by atoms with Crippen LogP contribution in [0.15, 0.2) is 43.0 Å². The first-order valence-corrected chi connectivity index (χ1v) is 13.6. The van der Waals surface area contributed by atoms with Crippen LogP contribution in [0.4, 0.5) is 0 Å². The number of aliphatic hydroxyl groups is 1. The average Bonchev–Trinajstić information content (AvgIpc) is 3.50. The van der Waals surface area contributed by atoms with Gasteiger partial charge < -0.3 is 24.4 Å². The zero-order chi connectivity index (χ0) is 26.6. The largest absolute Gasteiger partial charge is 0.466 e. The highest BCUT2D eigenvalue weighted by Gasteiger charge is 2.79. The van der Waals surface area contributed by atoms with Gasteiger partial charge in [0.15, 0.2) is 0 Å². The zero-order valence-electron chi connectivity index (χ0n) is 22.1. The van der Waals surface area contributed by atoms with E-state index in [9.17, 15) is 19.5 Å². The summed E-state index contributed by atoms with van der Waals surface area (Å²) in [7, 11) is 0. The summed E-state index contributed by atoms with van der Waals surface area (Å²) in [5.74, 6) is -2.26. The number of hydrogen-bond acceptors (Lipinski definition) is 6. The number of carbonyl (C=O) groups is 3. The molecule has 0 saturated carbocycles. The Morgan fingerprint density at radius 3 is 2.62 bits per heavy atom. The van der Waals surface area contributed by atoms with Gasteiger partial charge in [-0.1, -0.05) is 43.3 Å². The lowest BCUT2D eigenvalue weighted by Gasteiger charge is -2.37. The Hall–Kier alpha value is -2.71. The third kappa shape index (κ3) is 4.70. The van der Waals surface area contributed by atoms with E-state index in [4.69, 9.17) is 9.47 Å². The van der Waals surface area contributed by atoms with Gasteiger partial charge in [0.25, 0.3) is 0 Å². The quantitative estimate of drug-likeness (QED) is 0.248. The van der Waals surface area contributed by atoms with Crippen molar-refractivity contribution in [3.63, 3.8) is 0 Å². The van der Waals surface area contributed by atoms with Gasteiger partial charge in [-0.25, -0.2) is 0 Å². The predicted octanol–water partition coefficient (Wildman–Crippen LogP) is 3.08. The summed E-state index contributed by atoms with van der Waals surface area (Å²) < 4.78 is 12.2. The molecule has 3 aliphatic rings. The highest BCUT2D eigenvalue weighted by Crippen LogP contribution is 2.64. The molecule has 1 N–H and O–H groups in total. The van der Waals surface area contributed by atoms with Gasteiger partial charge in [-0.15, -0.1) is 6.58 Å². The Bertz CT molecular complexity index is 999. The maximum Gasteiger partial charge on any atom is 0.312 e. The number of amides is 2. The van der Waals surface area contributed by atoms with Crippen molar-refractivity contribution in [1.29, 1.82) is 0 Å². The topological polar surface area (TPSA) is 96.4 Å². The average molecular weight is 513 g/mol.